The van der Waals surface area contributed by atoms with Crippen molar-refractivity contribution < 1.29 is 4.79 Å². The molecular formula is C17H20N2OS2. The Morgan fingerprint density at radius 3 is 2.77 bits per heavy atom. The molecule has 22 heavy (non-hydrogen) atoms. The molecule has 116 valence electrons. The molecule has 0 saturated heterocycles. The van der Waals surface area contributed by atoms with E-state index < -0.39 is 0 Å². The van der Waals surface area contributed by atoms with Gasteiger partial charge in [-0.25, -0.2) is 4.98 Å². The van der Waals surface area contributed by atoms with Gasteiger partial charge in [0.05, 0.1) is 10.2 Å². The quantitative estimate of drug-likeness (QED) is 0.840. The van der Waals surface area contributed by atoms with E-state index in [0.29, 0.717) is 0 Å². The number of Topliss-reactive ketones (excluding diaryl/α,β-unsaturated/α-hetero) is 1. The standard InChI is InChI=1S/C17H20N2OS2/c1-10(20)13-9-21-15(19-13)16-18-12-6-5-11(7-14(12)22-16)8-17(2,3)4/h5-7,13H,8-9H2,1-4H3/t13-/m1/s1. The van der Waals surface area contributed by atoms with Crippen molar-refractivity contribution in [3.63, 3.8) is 0 Å². The van der Waals surface area contributed by atoms with Crippen LogP contribution in [-0.2, 0) is 11.2 Å². The number of carbonyl (C=O) groups is 1. The molecule has 0 spiro atoms. The molecule has 1 aromatic heterocycles. The second kappa shape index (κ2) is 5.78. The maximum atomic E-state index is 11.4. The molecule has 2 heterocycles. The zero-order chi connectivity index (χ0) is 15.9. The van der Waals surface area contributed by atoms with Gasteiger partial charge in [0, 0.05) is 5.75 Å². The van der Waals surface area contributed by atoms with Crippen molar-refractivity contribution in [3.8, 4) is 0 Å². The molecule has 0 aliphatic carbocycles. The van der Waals surface area contributed by atoms with Gasteiger partial charge in [0.25, 0.3) is 0 Å². The monoisotopic (exact) mass is 332 g/mol. The lowest BCUT2D eigenvalue weighted by atomic mass is 9.88. The van der Waals surface area contributed by atoms with Crippen LogP contribution in [0, 0.1) is 5.41 Å². The number of aliphatic imine (C=N–C) groups is 1. The van der Waals surface area contributed by atoms with Crippen molar-refractivity contribution in [1.82, 2.24) is 4.98 Å². The molecule has 1 aliphatic rings. The number of thioether (sulfide) groups is 1. The van der Waals surface area contributed by atoms with Crippen molar-refractivity contribution in [2.75, 3.05) is 5.75 Å². The normalized spacial score (nSPS) is 18.7. The molecule has 3 nitrogen and oxygen atoms in total. The van der Waals surface area contributed by atoms with E-state index in [2.05, 4.69) is 48.9 Å². The number of carbonyl (C=O) groups excluding carboxylic acids is 1. The van der Waals surface area contributed by atoms with Gasteiger partial charge < -0.3 is 0 Å². The lowest BCUT2D eigenvalue weighted by Crippen LogP contribution is -2.14. The summed E-state index contributed by atoms with van der Waals surface area (Å²) in [5, 5.41) is 1.86. The van der Waals surface area contributed by atoms with E-state index in [-0.39, 0.29) is 17.2 Å². The molecule has 0 unspecified atom stereocenters. The first kappa shape index (κ1) is 15.7. The van der Waals surface area contributed by atoms with Crippen LogP contribution in [0.1, 0.15) is 38.3 Å². The second-order valence-electron chi connectivity index (χ2n) is 6.93. The first-order chi connectivity index (χ1) is 10.3. The number of benzene rings is 1. The summed E-state index contributed by atoms with van der Waals surface area (Å²) in [5.41, 5.74) is 2.64. The van der Waals surface area contributed by atoms with E-state index in [1.54, 1.807) is 30.0 Å². The molecule has 0 fully saturated rings. The Bertz CT molecular complexity index is 756. The van der Waals surface area contributed by atoms with Crippen LogP contribution < -0.4 is 0 Å². The Labute approximate surface area is 139 Å². The summed E-state index contributed by atoms with van der Waals surface area (Å²) in [6, 6.07) is 6.31. The minimum atomic E-state index is -0.191. The van der Waals surface area contributed by atoms with E-state index >= 15 is 0 Å². The summed E-state index contributed by atoms with van der Waals surface area (Å²) in [4.78, 5) is 20.6. The Morgan fingerprint density at radius 2 is 2.14 bits per heavy atom. The highest BCUT2D eigenvalue weighted by molar-refractivity contribution is 8.15. The minimum absolute atomic E-state index is 0.135. The number of ketones is 1. The van der Waals surface area contributed by atoms with Crippen LogP contribution in [0.15, 0.2) is 23.2 Å². The fraction of sp³-hybridized carbons (Fsp3) is 0.471. The maximum absolute atomic E-state index is 11.4. The van der Waals surface area contributed by atoms with Crippen LogP contribution in [0.5, 0.6) is 0 Å². The van der Waals surface area contributed by atoms with E-state index in [1.807, 2.05) is 0 Å². The first-order valence-electron chi connectivity index (χ1n) is 7.43. The summed E-state index contributed by atoms with van der Waals surface area (Å²) >= 11 is 3.31. The average molecular weight is 332 g/mol. The van der Waals surface area contributed by atoms with Crippen LogP contribution >= 0.6 is 23.1 Å². The van der Waals surface area contributed by atoms with E-state index in [9.17, 15) is 4.79 Å². The van der Waals surface area contributed by atoms with Crippen LogP contribution in [0.2, 0.25) is 0 Å². The summed E-state index contributed by atoms with van der Waals surface area (Å²) in [6.07, 6.45) is 1.05. The van der Waals surface area contributed by atoms with E-state index in [0.717, 1.165) is 27.7 Å². The summed E-state index contributed by atoms with van der Waals surface area (Å²) < 4.78 is 1.20. The van der Waals surface area contributed by atoms with Crippen molar-refractivity contribution in [1.29, 1.82) is 0 Å². The highest BCUT2D eigenvalue weighted by Gasteiger charge is 2.24. The summed E-state index contributed by atoms with van der Waals surface area (Å²) in [6.45, 7) is 8.36. The lowest BCUT2D eigenvalue weighted by Gasteiger charge is -2.17. The topological polar surface area (TPSA) is 42.3 Å². The van der Waals surface area contributed by atoms with Gasteiger partial charge >= 0.3 is 0 Å². The molecule has 0 saturated carbocycles. The predicted molar refractivity (Wildman–Crippen MR) is 96.2 cm³/mol. The SMILES string of the molecule is CC(=O)[C@H]1CSC(c2nc3ccc(CC(C)(C)C)cc3s2)=N1. The van der Waals surface area contributed by atoms with Crippen LogP contribution in [-0.4, -0.2) is 27.6 Å². The van der Waals surface area contributed by atoms with Gasteiger partial charge in [-0.1, -0.05) is 26.8 Å². The molecule has 0 amide bonds. The molecule has 1 aromatic carbocycles. The Hall–Kier alpha value is -1.20. The first-order valence-corrected chi connectivity index (χ1v) is 9.23. The van der Waals surface area contributed by atoms with E-state index in [4.69, 9.17) is 0 Å². The largest absolute Gasteiger partial charge is 0.298 e. The third-order valence-corrected chi connectivity index (χ3v) is 5.70. The number of fused-ring (bicyclic) bond motifs is 1. The predicted octanol–water partition coefficient (Wildman–Crippen LogP) is 4.34. The minimum Gasteiger partial charge on any atom is -0.298 e. The van der Waals surface area contributed by atoms with Crippen molar-refractivity contribution in [2.45, 2.75) is 40.2 Å². The molecule has 0 radical (unpaired) electrons. The summed E-state index contributed by atoms with van der Waals surface area (Å²) in [5.74, 6) is 0.881. The highest BCUT2D eigenvalue weighted by atomic mass is 32.2. The number of aromatic nitrogens is 1. The molecule has 1 aliphatic heterocycles. The van der Waals surface area contributed by atoms with Crippen molar-refractivity contribution in [3.05, 3.63) is 28.8 Å². The molecule has 5 heteroatoms. The zero-order valence-corrected chi connectivity index (χ0v) is 15.0. The fourth-order valence-corrected chi connectivity index (χ4v) is 4.70. The zero-order valence-electron chi connectivity index (χ0n) is 13.3. The third kappa shape index (κ3) is 3.41. The van der Waals surface area contributed by atoms with Crippen LogP contribution in [0.3, 0.4) is 0 Å². The van der Waals surface area contributed by atoms with E-state index in [1.165, 1.54) is 10.3 Å². The average Bonchev–Trinajstić information content (AvgIpc) is 3.02. The van der Waals surface area contributed by atoms with Gasteiger partial charge in [-0.05, 0) is 36.5 Å². The molecule has 0 bridgehead atoms. The van der Waals surface area contributed by atoms with Gasteiger partial charge in [0.1, 0.15) is 16.1 Å². The van der Waals surface area contributed by atoms with Crippen molar-refractivity contribution in [2.24, 2.45) is 10.4 Å². The molecule has 3 rings (SSSR count). The van der Waals surface area contributed by atoms with Gasteiger partial charge in [0.15, 0.2) is 5.78 Å². The smallest absolute Gasteiger partial charge is 0.155 e. The number of thiazole rings is 1. The van der Waals surface area contributed by atoms with Crippen LogP contribution in [0.4, 0.5) is 0 Å². The van der Waals surface area contributed by atoms with Crippen LogP contribution in [0.25, 0.3) is 10.2 Å². The summed E-state index contributed by atoms with van der Waals surface area (Å²) in [7, 11) is 0. The Balaban J connectivity index is 1.90. The second-order valence-corrected chi connectivity index (χ2v) is 8.97. The molecule has 0 N–H and O–H groups in total. The van der Waals surface area contributed by atoms with Gasteiger partial charge in [-0.2, -0.15) is 0 Å². The molecule has 2 aromatic rings. The third-order valence-electron chi connectivity index (χ3n) is 3.49. The highest BCUT2D eigenvalue weighted by Crippen LogP contribution is 2.31. The van der Waals surface area contributed by atoms with Crippen molar-refractivity contribution >= 4 is 44.1 Å². The number of rotatable bonds is 3. The number of nitrogens with zero attached hydrogens (tertiary/aromatic N) is 2. The number of hydrogen-bond donors (Lipinski definition) is 0. The maximum Gasteiger partial charge on any atom is 0.155 e. The molecular weight excluding hydrogens is 312 g/mol. The van der Waals surface area contributed by atoms with Gasteiger partial charge in [-0.15, -0.1) is 23.1 Å². The number of hydrogen-bond acceptors (Lipinski definition) is 5. The van der Waals surface area contributed by atoms with Gasteiger partial charge in [-0.3, -0.25) is 9.79 Å². The molecule has 1 atom stereocenters. The fourth-order valence-electron chi connectivity index (χ4n) is 2.48. The lowest BCUT2D eigenvalue weighted by molar-refractivity contribution is -0.117. The Kier molecular flexibility index (Phi) is 4.12. The Morgan fingerprint density at radius 1 is 1.36 bits per heavy atom. The van der Waals surface area contributed by atoms with Gasteiger partial charge in [0.2, 0.25) is 0 Å².